The molecule has 0 spiro atoms. The zero-order valence-corrected chi connectivity index (χ0v) is 28.5. The van der Waals surface area contributed by atoms with Gasteiger partial charge in [-0.2, -0.15) is 0 Å². The summed E-state index contributed by atoms with van der Waals surface area (Å²) < 4.78 is 79.7. The van der Waals surface area contributed by atoms with Crippen molar-refractivity contribution in [3.8, 4) is 44.5 Å². The first-order valence-electron chi connectivity index (χ1n) is 21.5. The van der Waals surface area contributed by atoms with E-state index in [0.717, 1.165) is 60.5 Å². The summed E-state index contributed by atoms with van der Waals surface area (Å²) in [4.78, 5) is 0. The Morgan fingerprint density at radius 1 is 0.462 bits per heavy atom. The Hall–Kier alpha value is -6.44. The van der Waals surface area contributed by atoms with Gasteiger partial charge in [0.15, 0.2) is 0 Å². The Bertz CT molecular complexity index is 3470. The molecule has 0 aliphatic heterocycles. The van der Waals surface area contributed by atoms with Crippen LogP contribution in [-0.2, 0) is 5.41 Å². The fraction of sp³-hybridized carbons (Fsp3) is 0.0588. The normalized spacial score (nSPS) is 15.5. The SMILES string of the molecule is [2H]c1c([2H])c([2H])c2c(-c3ccc4c(c3)C(C)(C)c3ccccc3-4)c3c([2H])c([2H])c([2H])c([2H])c3c(-c3ccc(-c4cccc5oc6c7ccccc7ccc6c45)cc3)c2c1[2H]. The third-order valence-corrected chi connectivity index (χ3v) is 11.1. The van der Waals surface area contributed by atoms with Crippen LogP contribution in [-0.4, -0.2) is 0 Å². The first-order chi connectivity index (χ1) is 28.9. The Labute approximate surface area is 313 Å². The van der Waals surface area contributed by atoms with Gasteiger partial charge < -0.3 is 4.42 Å². The summed E-state index contributed by atoms with van der Waals surface area (Å²) in [6.07, 6.45) is 0. The molecule has 0 bridgehead atoms. The lowest BCUT2D eigenvalue weighted by molar-refractivity contribution is 0.660. The maximum Gasteiger partial charge on any atom is 0.143 e. The first-order valence-corrected chi connectivity index (χ1v) is 17.5. The van der Waals surface area contributed by atoms with E-state index in [0.29, 0.717) is 22.3 Å². The van der Waals surface area contributed by atoms with Crippen molar-refractivity contribution >= 4 is 54.3 Å². The van der Waals surface area contributed by atoms with Crippen molar-refractivity contribution in [2.45, 2.75) is 19.3 Å². The molecule has 1 heteroatoms. The van der Waals surface area contributed by atoms with Gasteiger partial charge in [0.1, 0.15) is 11.2 Å². The number of hydrogen-bond donors (Lipinski definition) is 0. The van der Waals surface area contributed by atoms with Gasteiger partial charge in [-0.25, -0.2) is 0 Å². The van der Waals surface area contributed by atoms with Crippen molar-refractivity contribution in [1.29, 1.82) is 0 Å². The molecular formula is C51H34O. The molecule has 0 N–H and O–H groups in total. The Kier molecular flexibility index (Phi) is 4.64. The maximum absolute atomic E-state index is 9.44. The van der Waals surface area contributed by atoms with Crippen LogP contribution in [0.5, 0.6) is 0 Å². The third-order valence-electron chi connectivity index (χ3n) is 11.1. The zero-order chi connectivity index (χ0) is 41.5. The molecular weight excluding hydrogens is 629 g/mol. The molecule has 1 aliphatic carbocycles. The average molecular weight is 671 g/mol. The molecule has 0 radical (unpaired) electrons. The van der Waals surface area contributed by atoms with Crippen molar-refractivity contribution in [2.75, 3.05) is 0 Å². The minimum atomic E-state index is -0.423. The van der Waals surface area contributed by atoms with Gasteiger partial charge in [-0.3, -0.25) is 0 Å². The van der Waals surface area contributed by atoms with E-state index in [1.54, 1.807) is 0 Å². The fourth-order valence-corrected chi connectivity index (χ4v) is 8.67. The molecule has 0 saturated heterocycles. The lowest BCUT2D eigenvalue weighted by Gasteiger charge is -2.23. The van der Waals surface area contributed by atoms with Gasteiger partial charge in [-0.05, 0) is 101 Å². The number of furan rings is 1. The van der Waals surface area contributed by atoms with Crippen LogP contribution in [0.25, 0.3) is 98.8 Å². The highest BCUT2D eigenvalue weighted by Gasteiger charge is 2.35. The van der Waals surface area contributed by atoms with E-state index >= 15 is 0 Å². The molecule has 1 nitrogen and oxygen atoms in total. The molecule has 0 atom stereocenters. The number of rotatable bonds is 3. The van der Waals surface area contributed by atoms with Crippen LogP contribution in [0.1, 0.15) is 35.9 Å². The van der Waals surface area contributed by atoms with Gasteiger partial charge >= 0.3 is 0 Å². The van der Waals surface area contributed by atoms with E-state index in [1.165, 1.54) is 5.56 Å². The van der Waals surface area contributed by atoms with Crippen LogP contribution >= 0.6 is 0 Å². The molecule has 52 heavy (non-hydrogen) atoms. The van der Waals surface area contributed by atoms with Crippen LogP contribution in [0.15, 0.2) is 174 Å². The monoisotopic (exact) mass is 670 g/mol. The lowest BCUT2D eigenvalue weighted by atomic mass is 9.80. The van der Waals surface area contributed by atoms with Crippen LogP contribution in [0.3, 0.4) is 0 Å². The summed E-state index contributed by atoms with van der Waals surface area (Å²) >= 11 is 0. The van der Waals surface area contributed by atoms with Crippen molar-refractivity contribution in [1.82, 2.24) is 0 Å². The average Bonchev–Trinajstić information content (AvgIpc) is 3.77. The van der Waals surface area contributed by atoms with Crippen LogP contribution in [0.2, 0.25) is 0 Å². The molecule has 1 aromatic heterocycles. The predicted octanol–water partition coefficient (Wildman–Crippen LogP) is 14.4. The minimum Gasteiger partial charge on any atom is -0.455 e. The van der Waals surface area contributed by atoms with Crippen molar-refractivity contribution in [3.63, 3.8) is 0 Å². The highest BCUT2D eigenvalue weighted by molar-refractivity contribution is 6.22. The second kappa shape index (κ2) is 10.8. The fourth-order valence-electron chi connectivity index (χ4n) is 8.67. The van der Waals surface area contributed by atoms with E-state index in [1.807, 2.05) is 84.9 Å². The first kappa shape index (κ1) is 22.4. The maximum atomic E-state index is 9.44. The van der Waals surface area contributed by atoms with E-state index in [2.05, 4.69) is 50.2 Å². The Morgan fingerprint density at radius 2 is 1.06 bits per heavy atom. The third kappa shape index (κ3) is 4.05. The predicted molar refractivity (Wildman–Crippen MR) is 220 cm³/mol. The molecule has 1 aliphatic rings. The molecule has 0 fully saturated rings. The Balaban J connectivity index is 1.21. The highest BCUT2D eigenvalue weighted by atomic mass is 16.3. The number of hydrogen-bond acceptors (Lipinski definition) is 1. The largest absolute Gasteiger partial charge is 0.455 e. The number of benzene rings is 9. The molecule has 0 amide bonds. The summed E-state index contributed by atoms with van der Waals surface area (Å²) in [6, 6.07) is 37.3. The molecule has 244 valence electrons. The van der Waals surface area contributed by atoms with Gasteiger partial charge in [-0.1, -0.05) is 165 Å². The van der Waals surface area contributed by atoms with E-state index < -0.39 is 29.6 Å². The quantitative estimate of drug-likeness (QED) is 0.171. The second-order valence-corrected chi connectivity index (χ2v) is 14.2. The van der Waals surface area contributed by atoms with Crippen LogP contribution < -0.4 is 0 Å². The lowest BCUT2D eigenvalue weighted by Crippen LogP contribution is -2.14. The topological polar surface area (TPSA) is 13.1 Å². The summed E-state index contributed by atoms with van der Waals surface area (Å²) in [5, 5.41) is 4.86. The highest BCUT2D eigenvalue weighted by Crippen LogP contribution is 2.51. The van der Waals surface area contributed by atoms with Crippen molar-refractivity contribution < 1.29 is 15.4 Å². The van der Waals surface area contributed by atoms with E-state index in [9.17, 15) is 5.48 Å². The van der Waals surface area contributed by atoms with Crippen LogP contribution in [0, 0.1) is 0 Å². The van der Waals surface area contributed by atoms with Gasteiger partial charge in [0.05, 0.1) is 11.0 Å². The minimum absolute atomic E-state index is 0.194. The summed E-state index contributed by atoms with van der Waals surface area (Å²) in [7, 11) is 0. The molecule has 1 heterocycles. The Morgan fingerprint density at radius 3 is 1.81 bits per heavy atom. The smallest absolute Gasteiger partial charge is 0.143 e. The second-order valence-electron chi connectivity index (χ2n) is 14.2. The van der Waals surface area contributed by atoms with E-state index in [-0.39, 0.29) is 45.7 Å². The van der Waals surface area contributed by atoms with Gasteiger partial charge in [0.2, 0.25) is 0 Å². The summed E-state index contributed by atoms with van der Waals surface area (Å²) in [5.74, 6) is 0. The summed E-state index contributed by atoms with van der Waals surface area (Å²) in [6.45, 7) is 4.31. The number of fused-ring (bicyclic) bond motifs is 10. The standard InChI is InChI=1S/C51H34O/c1-51(2)44-20-10-9-14-37(44)38-28-27-34(30-45(38)51)48-41-17-7-5-15-39(41)47(40-16-6-8-18-42(40)48)33-24-22-32(23-25-33)35-19-11-21-46-49(35)43-29-26-31-12-3-4-13-36(31)50(43)52-46/h3-30H,1-2H3/i5D,6D,7D,8D,15D,16D,17D,18D. The zero-order valence-electron chi connectivity index (χ0n) is 36.5. The van der Waals surface area contributed by atoms with Crippen LogP contribution in [0.4, 0.5) is 0 Å². The van der Waals surface area contributed by atoms with Crippen molar-refractivity contribution in [3.05, 3.63) is 181 Å². The van der Waals surface area contributed by atoms with Gasteiger partial charge in [0, 0.05) is 21.6 Å². The van der Waals surface area contributed by atoms with Crippen molar-refractivity contribution in [2.24, 2.45) is 0 Å². The molecule has 0 unspecified atom stereocenters. The van der Waals surface area contributed by atoms with Gasteiger partial charge in [-0.15, -0.1) is 0 Å². The molecule has 11 rings (SSSR count). The molecule has 0 saturated carbocycles. The molecule has 10 aromatic rings. The summed E-state index contributed by atoms with van der Waals surface area (Å²) in [5.41, 5.74) is 9.19. The van der Waals surface area contributed by atoms with Gasteiger partial charge in [0.25, 0.3) is 0 Å². The van der Waals surface area contributed by atoms with E-state index in [4.69, 9.17) is 9.90 Å². The molecule has 9 aromatic carbocycles.